The van der Waals surface area contributed by atoms with Crippen molar-refractivity contribution in [2.75, 3.05) is 7.11 Å². The first-order chi connectivity index (χ1) is 8.18. The zero-order chi connectivity index (χ0) is 14.1. The molecule has 0 saturated heterocycles. The van der Waals surface area contributed by atoms with Crippen LogP contribution in [0.2, 0.25) is 0 Å². The molecule has 1 aromatic heterocycles. The quantitative estimate of drug-likeness (QED) is 0.613. The minimum absolute atomic E-state index is 0.551. The number of aromatic nitrogens is 1. The van der Waals surface area contributed by atoms with E-state index >= 15 is 0 Å². The molecule has 1 heterocycles. The van der Waals surface area contributed by atoms with Gasteiger partial charge in [-0.3, -0.25) is 0 Å². The molecule has 100 valence electrons. The fraction of sp³-hybridized carbons (Fsp3) is 0.333. The highest BCUT2D eigenvalue weighted by Gasteiger charge is 2.38. The van der Waals surface area contributed by atoms with Gasteiger partial charge < -0.3 is 4.74 Å². The Morgan fingerprint density at radius 2 is 2.00 bits per heavy atom. The Balaban J connectivity index is 3.53. The van der Waals surface area contributed by atoms with Crippen molar-refractivity contribution in [3.05, 3.63) is 27.5 Å². The van der Waals surface area contributed by atoms with Crippen LogP contribution in [-0.2, 0) is 10.9 Å². The van der Waals surface area contributed by atoms with E-state index in [0.29, 0.717) is 6.07 Å². The van der Waals surface area contributed by atoms with E-state index in [9.17, 15) is 26.7 Å². The average molecular weight is 334 g/mol. The zero-order valence-electron chi connectivity index (χ0n) is 8.69. The first kappa shape index (κ1) is 14.8. The molecule has 1 aromatic rings. The SMILES string of the molecule is COC(=O)c1cc(C(F)F)nc(C(F)(F)F)c1Br. The summed E-state index contributed by atoms with van der Waals surface area (Å²) >= 11 is 2.51. The molecular formula is C9H5BrF5NO2. The fourth-order valence-electron chi connectivity index (χ4n) is 1.11. The summed E-state index contributed by atoms with van der Waals surface area (Å²) < 4.78 is 66.0. The topological polar surface area (TPSA) is 39.2 Å². The highest BCUT2D eigenvalue weighted by atomic mass is 79.9. The second-order valence-corrected chi connectivity index (χ2v) is 3.84. The van der Waals surface area contributed by atoms with Gasteiger partial charge in [-0.15, -0.1) is 0 Å². The van der Waals surface area contributed by atoms with Crippen LogP contribution in [0.25, 0.3) is 0 Å². The minimum atomic E-state index is -4.97. The summed E-state index contributed by atoms with van der Waals surface area (Å²) in [6.07, 6.45) is -8.20. The molecule has 0 fully saturated rings. The van der Waals surface area contributed by atoms with E-state index in [4.69, 9.17) is 0 Å². The number of methoxy groups -OCH3 is 1. The number of ether oxygens (including phenoxy) is 1. The van der Waals surface area contributed by atoms with Crippen LogP contribution in [-0.4, -0.2) is 18.1 Å². The number of carbonyl (C=O) groups excluding carboxylic acids is 1. The fourth-order valence-corrected chi connectivity index (χ4v) is 1.70. The van der Waals surface area contributed by atoms with Gasteiger partial charge in [0, 0.05) is 0 Å². The van der Waals surface area contributed by atoms with Crippen LogP contribution in [0, 0.1) is 0 Å². The van der Waals surface area contributed by atoms with E-state index < -0.39 is 40.0 Å². The molecule has 0 aliphatic rings. The number of nitrogens with zero attached hydrogens (tertiary/aromatic N) is 1. The molecule has 0 aliphatic heterocycles. The van der Waals surface area contributed by atoms with Gasteiger partial charge in [-0.05, 0) is 22.0 Å². The maximum absolute atomic E-state index is 12.5. The Morgan fingerprint density at radius 1 is 1.44 bits per heavy atom. The number of rotatable bonds is 2. The molecular weight excluding hydrogens is 329 g/mol. The predicted molar refractivity (Wildman–Crippen MR) is 53.2 cm³/mol. The highest BCUT2D eigenvalue weighted by molar-refractivity contribution is 9.10. The molecule has 0 atom stereocenters. The summed E-state index contributed by atoms with van der Waals surface area (Å²) in [4.78, 5) is 14.0. The Kier molecular flexibility index (Phi) is 4.25. The molecule has 0 amide bonds. The standard InChI is InChI=1S/C9H5BrF5NO2/c1-18-8(17)3-2-4(7(11)12)16-6(5(3)10)9(13,14)15/h2,7H,1H3. The summed E-state index contributed by atoms with van der Waals surface area (Å²) in [6.45, 7) is 0. The molecule has 0 radical (unpaired) electrons. The van der Waals surface area contributed by atoms with E-state index in [1.807, 2.05) is 0 Å². The van der Waals surface area contributed by atoms with Gasteiger partial charge in [0.25, 0.3) is 6.43 Å². The van der Waals surface area contributed by atoms with Crippen molar-refractivity contribution in [3.8, 4) is 0 Å². The molecule has 0 aliphatic carbocycles. The second-order valence-electron chi connectivity index (χ2n) is 3.05. The molecule has 3 nitrogen and oxygen atoms in total. The van der Waals surface area contributed by atoms with Gasteiger partial charge in [0.15, 0.2) is 5.69 Å². The van der Waals surface area contributed by atoms with E-state index in [1.165, 1.54) is 0 Å². The summed E-state index contributed by atoms with van der Waals surface area (Å²) in [7, 11) is 0.921. The van der Waals surface area contributed by atoms with Crippen molar-refractivity contribution in [3.63, 3.8) is 0 Å². The number of hydrogen-bond acceptors (Lipinski definition) is 3. The third-order valence-electron chi connectivity index (χ3n) is 1.87. The van der Waals surface area contributed by atoms with Crippen LogP contribution < -0.4 is 0 Å². The maximum atomic E-state index is 12.5. The predicted octanol–water partition coefficient (Wildman–Crippen LogP) is 3.59. The summed E-state index contributed by atoms with van der Waals surface area (Å²) in [5, 5.41) is 0. The van der Waals surface area contributed by atoms with Gasteiger partial charge in [-0.2, -0.15) is 13.2 Å². The molecule has 9 heteroatoms. The number of pyridine rings is 1. The largest absolute Gasteiger partial charge is 0.465 e. The minimum Gasteiger partial charge on any atom is -0.465 e. The van der Waals surface area contributed by atoms with Crippen LogP contribution >= 0.6 is 15.9 Å². The molecule has 0 bridgehead atoms. The Labute approximate surface area is 106 Å². The Morgan fingerprint density at radius 3 is 2.39 bits per heavy atom. The number of halogens is 6. The highest BCUT2D eigenvalue weighted by Crippen LogP contribution is 2.37. The lowest BCUT2D eigenvalue weighted by molar-refractivity contribution is -0.142. The number of alkyl halides is 5. The van der Waals surface area contributed by atoms with Crippen molar-refractivity contribution in [1.29, 1.82) is 0 Å². The lowest BCUT2D eigenvalue weighted by atomic mass is 10.2. The van der Waals surface area contributed by atoms with Crippen LogP contribution in [0.1, 0.15) is 28.2 Å². The van der Waals surface area contributed by atoms with Gasteiger partial charge in [-0.1, -0.05) is 0 Å². The molecule has 0 N–H and O–H groups in total. The van der Waals surface area contributed by atoms with Gasteiger partial charge in [-0.25, -0.2) is 18.6 Å². The average Bonchev–Trinajstić information content (AvgIpc) is 2.26. The lowest BCUT2D eigenvalue weighted by Crippen LogP contribution is -2.15. The summed E-state index contributed by atoms with van der Waals surface area (Å²) in [6, 6.07) is 0.551. The molecule has 0 spiro atoms. The Hall–Kier alpha value is -1.25. The van der Waals surface area contributed by atoms with Crippen molar-refractivity contribution in [2.24, 2.45) is 0 Å². The second kappa shape index (κ2) is 5.17. The molecule has 0 aromatic carbocycles. The van der Waals surface area contributed by atoms with Crippen LogP contribution in [0.3, 0.4) is 0 Å². The summed E-state index contributed by atoms with van der Waals surface area (Å²) in [5.74, 6) is -1.17. The zero-order valence-corrected chi connectivity index (χ0v) is 10.3. The van der Waals surface area contributed by atoms with E-state index in [2.05, 4.69) is 25.7 Å². The summed E-state index contributed by atoms with van der Waals surface area (Å²) in [5.41, 5.74) is -3.40. The van der Waals surface area contributed by atoms with Gasteiger partial charge in [0.05, 0.1) is 17.1 Å². The normalized spacial score (nSPS) is 11.8. The number of hydrogen-bond donors (Lipinski definition) is 0. The van der Waals surface area contributed by atoms with Gasteiger partial charge >= 0.3 is 12.1 Å². The van der Waals surface area contributed by atoms with Crippen molar-refractivity contribution in [2.45, 2.75) is 12.6 Å². The molecule has 0 saturated carbocycles. The number of esters is 1. The third-order valence-corrected chi connectivity index (χ3v) is 2.68. The van der Waals surface area contributed by atoms with Crippen molar-refractivity contribution in [1.82, 2.24) is 4.98 Å². The van der Waals surface area contributed by atoms with E-state index in [-0.39, 0.29) is 0 Å². The molecule has 0 unspecified atom stereocenters. The third kappa shape index (κ3) is 2.95. The first-order valence-electron chi connectivity index (χ1n) is 4.32. The van der Waals surface area contributed by atoms with Crippen LogP contribution in [0.4, 0.5) is 22.0 Å². The van der Waals surface area contributed by atoms with Crippen molar-refractivity contribution < 1.29 is 31.5 Å². The molecule has 1 rings (SSSR count). The van der Waals surface area contributed by atoms with Gasteiger partial charge in [0.2, 0.25) is 0 Å². The van der Waals surface area contributed by atoms with Gasteiger partial charge in [0.1, 0.15) is 5.69 Å². The van der Waals surface area contributed by atoms with Crippen LogP contribution in [0.15, 0.2) is 10.5 Å². The Bertz CT molecular complexity index is 475. The maximum Gasteiger partial charge on any atom is 0.434 e. The lowest BCUT2D eigenvalue weighted by Gasteiger charge is -2.13. The first-order valence-corrected chi connectivity index (χ1v) is 5.12. The van der Waals surface area contributed by atoms with E-state index in [0.717, 1.165) is 7.11 Å². The number of carbonyl (C=O) groups is 1. The smallest absolute Gasteiger partial charge is 0.434 e. The van der Waals surface area contributed by atoms with E-state index in [1.54, 1.807) is 0 Å². The van der Waals surface area contributed by atoms with Crippen LogP contribution in [0.5, 0.6) is 0 Å². The molecule has 18 heavy (non-hydrogen) atoms. The van der Waals surface area contributed by atoms with Crippen molar-refractivity contribution >= 4 is 21.9 Å². The monoisotopic (exact) mass is 333 g/mol.